The first kappa shape index (κ1) is 16.6. The summed E-state index contributed by atoms with van der Waals surface area (Å²) >= 11 is 0. The van der Waals surface area contributed by atoms with Crippen molar-refractivity contribution in [2.75, 3.05) is 7.11 Å². The van der Waals surface area contributed by atoms with Crippen LogP contribution in [-0.4, -0.2) is 22.6 Å². The molecule has 0 aliphatic heterocycles. The number of fused-ring (bicyclic) bond motifs is 1. The molecule has 5 nitrogen and oxygen atoms in total. The third-order valence-corrected chi connectivity index (χ3v) is 5.12. The number of nitrogens with one attached hydrogen (secondary N) is 1. The third kappa shape index (κ3) is 3.05. The van der Waals surface area contributed by atoms with Gasteiger partial charge in [-0.1, -0.05) is 24.3 Å². The van der Waals surface area contributed by atoms with Crippen molar-refractivity contribution in [1.29, 1.82) is 0 Å². The van der Waals surface area contributed by atoms with Gasteiger partial charge in [-0.2, -0.15) is 0 Å². The van der Waals surface area contributed by atoms with Gasteiger partial charge in [-0.15, -0.1) is 0 Å². The smallest absolute Gasteiger partial charge is 0.224 e. The number of imidazole rings is 1. The Morgan fingerprint density at radius 2 is 2.12 bits per heavy atom. The van der Waals surface area contributed by atoms with Gasteiger partial charge in [0.1, 0.15) is 11.6 Å². The van der Waals surface area contributed by atoms with Crippen molar-refractivity contribution in [2.45, 2.75) is 32.4 Å². The Morgan fingerprint density at radius 3 is 2.92 bits per heavy atom. The molecule has 0 spiro atoms. The van der Waals surface area contributed by atoms with E-state index in [1.807, 2.05) is 36.4 Å². The number of nitrogens with zero attached hydrogens (tertiary/aromatic N) is 2. The van der Waals surface area contributed by atoms with Crippen LogP contribution in [0.2, 0.25) is 0 Å². The molecule has 1 saturated carbocycles. The van der Waals surface area contributed by atoms with Gasteiger partial charge in [-0.25, -0.2) is 4.98 Å². The Kier molecular flexibility index (Phi) is 4.37. The van der Waals surface area contributed by atoms with Crippen LogP contribution in [0.25, 0.3) is 11.0 Å². The lowest BCUT2D eigenvalue weighted by Crippen LogP contribution is -2.26. The number of aryl methyl sites for hydroxylation is 1. The van der Waals surface area contributed by atoms with Crippen molar-refractivity contribution in [2.24, 2.45) is 5.92 Å². The van der Waals surface area contributed by atoms with Crippen LogP contribution in [0.15, 0.2) is 48.5 Å². The Balaban J connectivity index is 1.42. The number of rotatable bonds is 6. The topological polar surface area (TPSA) is 56.2 Å². The number of ether oxygens (including phenoxy) is 1. The molecular formula is C21H23N3O2. The number of para-hydroxylation sites is 2. The molecule has 1 fully saturated rings. The van der Waals surface area contributed by atoms with E-state index in [4.69, 9.17) is 4.74 Å². The number of hydrogen-bond donors (Lipinski definition) is 1. The van der Waals surface area contributed by atoms with E-state index in [9.17, 15) is 4.79 Å². The second-order valence-corrected chi connectivity index (χ2v) is 6.70. The molecule has 3 aromatic rings. The largest absolute Gasteiger partial charge is 0.497 e. The maximum Gasteiger partial charge on any atom is 0.224 e. The van der Waals surface area contributed by atoms with Crippen molar-refractivity contribution in [1.82, 2.24) is 14.9 Å². The Morgan fingerprint density at radius 1 is 1.27 bits per heavy atom. The van der Waals surface area contributed by atoms with Gasteiger partial charge >= 0.3 is 0 Å². The van der Waals surface area contributed by atoms with Gasteiger partial charge in [0.05, 0.1) is 24.7 Å². The summed E-state index contributed by atoms with van der Waals surface area (Å²) < 4.78 is 7.43. The second-order valence-electron chi connectivity index (χ2n) is 6.70. The average molecular weight is 349 g/mol. The van der Waals surface area contributed by atoms with E-state index in [1.54, 1.807) is 7.11 Å². The van der Waals surface area contributed by atoms with Crippen LogP contribution in [0.4, 0.5) is 0 Å². The minimum Gasteiger partial charge on any atom is -0.497 e. The van der Waals surface area contributed by atoms with E-state index in [0.717, 1.165) is 35.6 Å². The van der Waals surface area contributed by atoms with Gasteiger partial charge in [0.2, 0.25) is 5.91 Å². The minimum absolute atomic E-state index is 0.0431. The fourth-order valence-corrected chi connectivity index (χ4v) is 3.64. The van der Waals surface area contributed by atoms with E-state index >= 15 is 0 Å². The Labute approximate surface area is 153 Å². The maximum absolute atomic E-state index is 12.6. The first-order chi connectivity index (χ1) is 12.7. The second kappa shape index (κ2) is 6.83. The third-order valence-electron chi connectivity index (χ3n) is 5.12. The lowest BCUT2D eigenvalue weighted by Gasteiger charge is -2.08. The van der Waals surface area contributed by atoms with Gasteiger partial charge in [-0.05, 0) is 49.1 Å². The molecule has 2 atom stereocenters. The number of aromatic nitrogens is 2. The van der Waals surface area contributed by atoms with Crippen LogP contribution < -0.4 is 10.1 Å². The van der Waals surface area contributed by atoms with E-state index in [-0.39, 0.29) is 17.7 Å². The van der Waals surface area contributed by atoms with Crippen LogP contribution in [0, 0.1) is 5.92 Å². The summed E-state index contributed by atoms with van der Waals surface area (Å²) in [4.78, 5) is 17.2. The SMILES string of the molecule is CCn1c(CNC(=O)C2CC2c2cccc(OC)c2)nc2ccccc21. The summed E-state index contributed by atoms with van der Waals surface area (Å²) in [6.45, 7) is 3.39. The molecule has 2 aromatic carbocycles. The molecule has 4 rings (SSSR count). The summed E-state index contributed by atoms with van der Waals surface area (Å²) in [5, 5.41) is 3.07. The molecule has 134 valence electrons. The monoisotopic (exact) mass is 349 g/mol. The Hall–Kier alpha value is -2.82. The number of methoxy groups -OCH3 is 1. The standard InChI is InChI=1S/C21H23N3O2/c1-3-24-19-10-5-4-9-18(19)23-20(24)13-22-21(25)17-12-16(17)14-7-6-8-15(11-14)26-2/h4-11,16-17H,3,12-13H2,1-2H3,(H,22,25). The van der Waals surface area contributed by atoms with Gasteiger partial charge in [0, 0.05) is 12.5 Å². The molecule has 26 heavy (non-hydrogen) atoms. The summed E-state index contributed by atoms with van der Waals surface area (Å²) in [5.74, 6) is 2.18. The summed E-state index contributed by atoms with van der Waals surface area (Å²) in [5.41, 5.74) is 3.25. The van der Waals surface area contributed by atoms with Crippen molar-refractivity contribution in [3.63, 3.8) is 0 Å². The highest BCUT2D eigenvalue weighted by Gasteiger charge is 2.43. The lowest BCUT2D eigenvalue weighted by atomic mass is 10.1. The highest BCUT2D eigenvalue weighted by molar-refractivity contribution is 5.83. The highest BCUT2D eigenvalue weighted by Crippen LogP contribution is 2.48. The molecule has 1 aliphatic carbocycles. The molecule has 1 heterocycles. The lowest BCUT2D eigenvalue weighted by molar-refractivity contribution is -0.122. The number of amides is 1. The molecule has 2 unspecified atom stereocenters. The molecule has 0 bridgehead atoms. The van der Waals surface area contributed by atoms with E-state index in [2.05, 4.69) is 33.9 Å². The Bertz CT molecular complexity index is 947. The van der Waals surface area contributed by atoms with Crippen LogP contribution in [0.5, 0.6) is 5.75 Å². The zero-order valence-electron chi connectivity index (χ0n) is 15.1. The quantitative estimate of drug-likeness (QED) is 0.741. The molecule has 1 aliphatic rings. The van der Waals surface area contributed by atoms with Crippen LogP contribution in [0.3, 0.4) is 0 Å². The van der Waals surface area contributed by atoms with Crippen LogP contribution in [-0.2, 0) is 17.9 Å². The number of carbonyl (C=O) groups is 1. The highest BCUT2D eigenvalue weighted by atomic mass is 16.5. The van der Waals surface area contributed by atoms with Crippen molar-refractivity contribution >= 4 is 16.9 Å². The zero-order chi connectivity index (χ0) is 18.1. The summed E-state index contributed by atoms with van der Waals surface area (Å²) in [7, 11) is 1.66. The number of carbonyl (C=O) groups excluding carboxylic acids is 1. The van der Waals surface area contributed by atoms with Gasteiger partial charge in [0.15, 0.2) is 0 Å². The van der Waals surface area contributed by atoms with Gasteiger partial charge < -0.3 is 14.6 Å². The fourth-order valence-electron chi connectivity index (χ4n) is 3.64. The normalized spacial score (nSPS) is 18.7. The zero-order valence-corrected chi connectivity index (χ0v) is 15.1. The molecular weight excluding hydrogens is 326 g/mol. The molecule has 5 heteroatoms. The first-order valence-corrected chi connectivity index (χ1v) is 9.07. The predicted molar refractivity (Wildman–Crippen MR) is 101 cm³/mol. The molecule has 0 saturated heterocycles. The summed E-state index contributed by atoms with van der Waals surface area (Å²) in [6.07, 6.45) is 0.892. The van der Waals surface area contributed by atoms with Crippen molar-refractivity contribution in [3.8, 4) is 5.75 Å². The van der Waals surface area contributed by atoms with Crippen LogP contribution >= 0.6 is 0 Å². The average Bonchev–Trinajstić information content (AvgIpc) is 3.41. The van der Waals surface area contributed by atoms with Gasteiger partial charge in [0.25, 0.3) is 0 Å². The number of hydrogen-bond acceptors (Lipinski definition) is 3. The minimum atomic E-state index is 0.0431. The fraction of sp³-hybridized carbons (Fsp3) is 0.333. The van der Waals surface area contributed by atoms with Crippen LogP contribution in [0.1, 0.15) is 30.7 Å². The van der Waals surface area contributed by atoms with E-state index in [1.165, 1.54) is 5.56 Å². The number of benzene rings is 2. The predicted octanol–water partition coefficient (Wildman–Crippen LogP) is 3.48. The van der Waals surface area contributed by atoms with Gasteiger partial charge in [-0.3, -0.25) is 4.79 Å². The van der Waals surface area contributed by atoms with E-state index < -0.39 is 0 Å². The molecule has 0 radical (unpaired) electrons. The first-order valence-electron chi connectivity index (χ1n) is 9.07. The maximum atomic E-state index is 12.6. The summed E-state index contributed by atoms with van der Waals surface area (Å²) in [6, 6.07) is 16.1. The molecule has 1 N–H and O–H groups in total. The molecule has 1 amide bonds. The van der Waals surface area contributed by atoms with E-state index in [0.29, 0.717) is 6.54 Å². The van der Waals surface area contributed by atoms with Crippen molar-refractivity contribution in [3.05, 3.63) is 59.9 Å². The molecule has 1 aromatic heterocycles. The van der Waals surface area contributed by atoms with Crippen molar-refractivity contribution < 1.29 is 9.53 Å².